The van der Waals surface area contributed by atoms with Gasteiger partial charge < -0.3 is 15.8 Å². The van der Waals surface area contributed by atoms with E-state index in [-0.39, 0.29) is 11.0 Å². The first kappa shape index (κ1) is 21.0. The summed E-state index contributed by atoms with van der Waals surface area (Å²) < 4.78 is 5.78. The average Bonchev–Trinajstić information content (AvgIpc) is 3.33. The van der Waals surface area contributed by atoms with Gasteiger partial charge in [-0.05, 0) is 60.8 Å². The van der Waals surface area contributed by atoms with Gasteiger partial charge in [-0.1, -0.05) is 36.4 Å². The second-order valence-corrected chi connectivity index (χ2v) is 8.65. The second-order valence-electron chi connectivity index (χ2n) is 7.14. The zero-order chi connectivity index (χ0) is 21.8. The van der Waals surface area contributed by atoms with Crippen molar-refractivity contribution in [3.05, 3.63) is 81.7 Å². The topological polar surface area (TPSA) is 93.5 Å². The molecule has 1 heterocycles. The van der Waals surface area contributed by atoms with E-state index in [4.69, 9.17) is 22.7 Å². The van der Waals surface area contributed by atoms with Gasteiger partial charge in [0.15, 0.2) is 5.11 Å². The van der Waals surface area contributed by atoms with Gasteiger partial charge in [0.2, 0.25) is 0 Å². The molecule has 0 atom stereocenters. The van der Waals surface area contributed by atoms with Crippen LogP contribution in [0.15, 0.2) is 54.6 Å². The van der Waals surface area contributed by atoms with E-state index < -0.39 is 5.91 Å². The van der Waals surface area contributed by atoms with Gasteiger partial charge in [0, 0.05) is 10.4 Å². The van der Waals surface area contributed by atoms with E-state index in [2.05, 4.69) is 10.6 Å². The molecule has 0 unspecified atom stereocenters. The number of thiophene rings is 1. The number of primary amides is 1. The zero-order valence-corrected chi connectivity index (χ0v) is 18.3. The minimum Gasteiger partial charge on any atom is -0.489 e. The SMILES string of the molecule is NC(=O)c1c(NC(=S)NC(=O)c2cccc(OCc3ccccc3)c2)sc2c1CCC2. The second kappa shape index (κ2) is 9.28. The van der Waals surface area contributed by atoms with Crippen molar-refractivity contribution in [2.75, 3.05) is 5.32 Å². The number of ether oxygens (including phenoxy) is 1. The van der Waals surface area contributed by atoms with Crippen molar-refractivity contribution in [3.63, 3.8) is 0 Å². The van der Waals surface area contributed by atoms with E-state index in [1.54, 1.807) is 24.3 Å². The minimum atomic E-state index is -0.487. The molecular weight excluding hydrogens is 430 g/mol. The first-order chi connectivity index (χ1) is 15.0. The maximum absolute atomic E-state index is 12.6. The third-order valence-corrected chi connectivity index (χ3v) is 6.38. The predicted octanol–water partition coefficient (Wildman–Crippen LogP) is 4.04. The van der Waals surface area contributed by atoms with Gasteiger partial charge >= 0.3 is 0 Å². The number of nitrogens with two attached hydrogens (primary N) is 1. The molecule has 4 N–H and O–H groups in total. The van der Waals surface area contributed by atoms with Crippen LogP contribution in [0, 0.1) is 0 Å². The Labute approximate surface area is 189 Å². The van der Waals surface area contributed by atoms with Crippen LogP contribution in [0.3, 0.4) is 0 Å². The van der Waals surface area contributed by atoms with E-state index in [1.807, 2.05) is 30.3 Å². The highest BCUT2D eigenvalue weighted by Gasteiger charge is 2.25. The van der Waals surface area contributed by atoms with Crippen molar-refractivity contribution >= 4 is 45.5 Å². The van der Waals surface area contributed by atoms with Gasteiger partial charge in [-0.15, -0.1) is 11.3 Å². The highest BCUT2D eigenvalue weighted by molar-refractivity contribution is 7.80. The summed E-state index contributed by atoms with van der Waals surface area (Å²) in [6.07, 6.45) is 2.78. The summed E-state index contributed by atoms with van der Waals surface area (Å²) in [6.45, 7) is 0.408. The smallest absolute Gasteiger partial charge is 0.257 e. The van der Waals surface area contributed by atoms with Crippen LogP contribution in [0.5, 0.6) is 5.75 Å². The number of nitrogens with one attached hydrogen (secondary N) is 2. The van der Waals surface area contributed by atoms with Gasteiger partial charge in [-0.25, -0.2) is 0 Å². The summed E-state index contributed by atoms with van der Waals surface area (Å²) in [4.78, 5) is 25.7. The molecule has 0 fully saturated rings. The van der Waals surface area contributed by atoms with Crippen molar-refractivity contribution in [2.45, 2.75) is 25.9 Å². The molecule has 0 saturated carbocycles. The van der Waals surface area contributed by atoms with Gasteiger partial charge in [0.1, 0.15) is 17.4 Å². The Bertz CT molecular complexity index is 1140. The summed E-state index contributed by atoms with van der Waals surface area (Å²) in [5, 5.41) is 6.33. The van der Waals surface area contributed by atoms with Crippen LogP contribution in [0.1, 0.15) is 43.1 Å². The van der Waals surface area contributed by atoms with Crippen LogP contribution in [-0.2, 0) is 19.4 Å². The maximum atomic E-state index is 12.6. The van der Waals surface area contributed by atoms with E-state index in [0.717, 1.165) is 35.3 Å². The Morgan fingerprint density at radius 3 is 2.68 bits per heavy atom. The lowest BCUT2D eigenvalue weighted by Gasteiger charge is -2.11. The fourth-order valence-electron chi connectivity index (χ4n) is 3.53. The number of fused-ring (bicyclic) bond motifs is 1. The fourth-order valence-corrected chi connectivity index (χ4v) is 5.09. The Hall–Kier alpha value is -3.23. The molecule has 8 heteroatoms. The number of thiocarbonyl (C=S) groups is 1. The van der Waals surface area contributed by atoms with Crippen molar-refractivity contribution in [1.29, 1.82) is 0 Å². The van der Waals surface area contributed by atoms with Crippen LogP contribution in [0.4, 0.5) is 5.00 Å². The number of aryl methyl sites for hydroxylation is 1. The quantitative estimate of drug-likeness (QED) is 0.492. The number of benzene rings is 2. The third-order valence-electron chi connectivity index (χ3n) is 4.97. The van der Waals surface area contributed by atoms with E-state index in [1.165, 1.54) is 11.3 Å². The van der Waals surface area contributed by atoms with Crippen LogP contribution < -0.4 is 21.1 Å². The van der Waals surface area contributed by atoms with E-state index in [0.29, 0.717) is 28.5 Å². The number of rotatable bonds is 6. The van der Waals surface area contributed by atoms with E-state index >= 15 is 0 Å². The minimum absolute atomic E-state index is 0.114. The molecule has 0 saturated heterocycles. The number of amides is 2. The highest BCUT2D eigenvalue weighted by Crippen LogP contribution is 2.38. The van der Waals surface area contributed by atoms with Crippen LogP contribution in [0.25, 0.3) is 0 Å². The van der Waals surface area contributed by atoms with E-state index in [9.17, 15) is 9.59 Å². The largest absolute Gasteiger partial charge is 0.489 e. The van der Waals surface area contributed by atoms with Crippen LogP contribution in [-0.4, -0.2) is 16.9 Å². The lowest BCUT2D eigenvalue weighted by molar-refractivity contribution is 0.0975. The molecule has 1 aromatic heterocycles. The normalized spacial score (nSPS) is 12.1. The predicted molar refractivity (Wildman–Crippen MR) is 126 cm³/mol. The van der Waals surface area contributed by atoms with Gasteiger partial charge in [-0.2, -0.15) is 0 Å². The Morgan fingerprint density at radius 1 is 1.10 bits per heavy atom. The lowest BCUT2D eigenvalue weighted by Crippen LogP contribution is -2.34. The lowest BCUT2D eigenvalue weighted by atomic mass is 10.1. The highest BCUT2D eigenvalue weighted by atomic mass is 32.1. The Kier molecular flexibility index (Phi) is 6.29. The van der Waals surface area contributed by atoms with Crippen molar-refractivity contribution < 1.29 is 14.3 Å². The first-order valence-electron chi connectivity index (χ1n) is 9.84. The summed E-state index contributed by atoms with van der Waals surface area (Å²) >= 11 is 6.76. The summed E-state index contributed by atoms with van der Waals surface area (Å²) in [5.41, 5.74) is 8.50. The summed E-state index contributed by atoms with van der Waals surface area (Å²) in [6, 6.07) is 16.7. The number of anilines is 1. The monoisotopic (exact) mass is 451 g/mol. The molecule has 4 rings (SSSR count). The zero-order valence-electron chi connectivity index (χ0n) is 16.6. The molecule has 3 aromatic rings. The molecule has 1 aliphatic carbocycles. The number of hydrogen-bond donors (Lipinski definition) is 3. The van der Waals surface area contributed by atoms with Gasteiger partial charge in [-0.3, -0.25) is 14.9 Å². The molecule has 158 valence electrons. The molecule has 2 aromatic carbocycles. The Balaban J connectivity index is 1.39. The molecule has 1 aliphatic rings. The molecule has 0 bridgehead atoms. The van der Waals surface area contributed by atoms with Gasteiger partial charge in [0.25, 0.3) is 11.8 Å². The molecule has 0 aliphatic heterocycles. The molecule has 0 radical (unpaired) electrons. The number of carbonyl (C=O) groups is 2. The van der Waals surface area contributed by atoms with Crippen molar-refractivity contribution in [3.8, 4) is 5.75 Å². The summed E-state index contributed by atoms with van der Waals surface area (Å²) in [7, 11) is 0. The average molecular weight is 452 g/mol. The third kappa shape index (κ3) is 4.92. The molecule has 0 spiro atoms. The van der Waals surface area contributed by atoms with Crippen LogP contribution >= 0.6 is 23.6 Å². The molecule has 2 amide bonds. The standard InChI is InChI=1S/C23H21N3O3S2/c24-20(27)19-17-10-5-11-18(17)31-22(19)26-23(30)25-21(28)15-8-4-9-16(12-15)29-13-14-6-2-1-3-7-14/h1-4,6-9,12H,5,10-11,13H2,(H2,24,27)(H2,25,26,28,30). The molecule has 31 heavy (non-hydrogen) atoms. The number of carbonyl (C=O) groups excluding carboxylic acids is 2. The summed E-state index contributed by atoms with van der Waals surface area (Å²) in [5.74, 6) is -0.271. The molecular formula is C23H21N3O3S2. The first-order valence-corrected chi connectivity index (χ1v) is 11.1. The molecule has 6 nitrogen and oxygen atoms in total. The van der Waals surface area contributed by atoms with Crippen molar-refractivity contribution in [1.82, 2.24) is 5.32 Å². The van der Waals surface area contributed by atoms with Crippen LogP contribution in [0.2, 0.25) is 0 Å². The number of hydrogen-bond acceptors (Lipinski definition) is 5. The Morgan fingerprint density at radius 2 is 1.90 bits per heavy atom. The maximum Gasteiger partial charge on any atom is 0.257 e. The van der Waals surface area contributed by atoms with Crippen molar-refractivity contribution in [2.24, 2.45) is 5.73 Å². The fraction of sp³-hybridized carbons (Fsp3) is 0.174. The van der Waals surface area contributed by atoms with Gasteiger partial charge in [0.05, 0.1) is 5.56 Å².